The van der Waals surface area contributed by atoms with Crippen molar-refractivity contribution in [2.24, 2.45) is 0 Å². The number of hydrogen-bond acceptors (Lipinski definition) is 4. The first-order chi connectivity index (χ1) is 10.1. The van der Waals surface area contributed by atoms with Crippen molar-refractivity contribution in [2.45, 2.75) is 11.8 Å². The van der Waals surface area contributed by atoms with E-state index in [1.54, 1.807) is 17.8 Å². The van der Waals surface area contributed by atoms with Gasteiger partial charge in [0, 0.05) is 23.3 Å². The highest BCUT2D eigenvalue weighted by molar-refractivity contribution is 7.98. The molecule has 0 atom stereocenters. The van der Waals surface area contributed by atoms with Crippen molar-refractivity contribution >= 4 is 40.8 Å². The van der Waals surface area contributed by atoms with E-state index < -0.39 is 0 Å². The van der Waals surface area contributed by atoms with Crippen LogP contribution < -0.4 is 10.6 Å². The molecule has 0 saturated heterocycles. The Balaban J connectivity index is 2.10. The highest BCUT2D eigenvalue weighted by Gasteiger charge is 2.10. The molecule has 0 saturated carbocycles. The van der Waals surface area contributed by atoms with Gasteiger partial charge in [0.05, 0.1) is 10.6 Å². The Bertz CT molecular complexity index is 631. The summed E-state index contributed by atoms with van der Waals surface area (Å²) in [5.41, 5.74) is 1.17. The molecule has 110 valence electrons. The molecule has 0 aliphatic heterocycles. The predicted molar refractivity (Wildman–Crippen MR) is 89.6 cm³/mol. The van der Waals surface area contributed by atoms with E-state index in [1.807, 2.05) is 37.4 Å². The summed E-state index contributed by atoms with van der Waals surface area (Å²) in [6, 6.07) is 9.26. The lowest BCUT2D eigenvalue weighted by Gasteiger charge is -2.08. The fourth-order valence-electron chi connectivity index (χ4n) is 1.74. The molecule has 1 heterocycles. The molecular formula is C15H16ClN3OS. The average molecular weight is 322 g/mol. The van der Waals surface area contributed by atoms with E-state index in [0.29, 0.717) is 16.4 Å². The maximum absolute atomic E-state index is 12.2. The second-order valence-electron chi connectivity index (χ2n) is 4.27. The van der Waals surface area contributed by atoms with Crippen LogP contribution in [0.25, 0.3) is 0 Å². The van der Waals surface area contributed by atoms with Crippen LogP contribution in [0.5, 0.6) is 0 Å². The number of amides is 1. The molecular weight excluding hydrogens is 306 g/mol. The van der Waals surface area contributed by atoms with E-state index in [2.05, 4.69) is 15.6 Å². The second-order valence-corrected chi connectivity index (χ2v) is 5.55. The molecule has 2 N–H and O–H groups in total. The molecule has 21 heavy (non-hydrogen) atoms. The second kappa shape index (κ2) is 7.33. The van der Waals surface area contributed by atoms with E-state index in [9.17, 15) is 4.79 Å². The van der Waals surface area contributed by atoms with E-state index in [0.717, 1.165) is 17.1 Å². The number of anilines is 2. The fraction of sp³-hybridized carbons (Fsp3) is 0.200. The highest BCUT2D eigenvalue weighted by atomic mass is 35.5. The van der Waals surface area contributed by atoms with E-state index >= 15 is 0 Å². The number of thioether (sulfide) groups is 1. The van der Waals surface area contributed by atoms with Crippen LogP contribution in [0.3, 0.4) is 0 Å². The van der Waals surface area contributed by atoms with Crippen LogP contribution in [-0.4, -0.2) is 23.7 Å². The fourth-order valence-corrected chi connectivity index (χ4v) is 2.38. The maximum Gasteiger partial charge on any atom is 0.257 e. The van der Waals surface area contributed by atoms with Crippen molar-refractivity contribution in [2.75, 3.05) is 23.4 Å². The summed E-state index contributed by atoms with van der Waals surface area (Å²) in [5, 5.41) is 6.28. The summed E-state index contributed by atoms with van der Waals surface area (Å²) in [6.07, 6.45) is 3.52. The van der Waals surface area contributed by atoms with Crippen molar-refractivity contribution in [1.82, 2.24) is 4.98 Å². The van der Waals surface area contributed by atoms with E-state index in [4.69, 9.17) is 11.6 Å². The molecule has 4 nitrogen and oxygen atoms in total. The third-order valence-corrected chi connectivity index (χ3v) is 3.83. The largest absolute Gasteiger partial charge is 0.369 e. The molecule has 0 radical (unpaired) electrons. The minimum absolute atomic E-state index is 0.232. The lowest BCUT2D eigenvalue weighted by Crippen LogP contribution is -2.12. The summed E-state index contributed by atoms with van der Waals surface area (Å²) in [6.45, 7) is 2.68. The maximum atomic E-state index is 12.2. The lowest BCUT2D eigenvalue weighted by atomic mass is 10.2. The average Bonchev–Trinajstić information content (AvgIpc) is 2.50. The standard InChI is InChI=1S/C15H16ClN3OS/c1-3-17-14-13(16)8-10(9-18-14)15(20)19-11-4-6-12(21-2)7-5-11/h4-9H,3H2,1-2H3,(H,17,18)(H,19,20). The number of aromatic nitrogens is 1. The van der Waals surface area contributed by atoms with Crippen molar-refractivity contribution in [3.8, 4) is 0 Å². The van der Waals surface area contributed by atoms with Gasteiger partial charge in [0.15, 0.2) is 0 Å². The number of halogens is 1. The van der Waals surface area contributed by atoms with Gasteiger partial charge in [-0.1, -0.05) is 11.6 Å². The van der Waals surface area contributed by atoms with Crippen LogP contribution in [0.4, 0.5) is 11.5 Å². The first kappa shape index (κ1) is 15.7. The van der Waals surface area contributed by atoms with Gasteiger partial charge in [0.1, 0.15) is 5.82 Å². The van der Waals surface area contributed by atoms with Gasteiger partial charge >= 0.3 is 0 Å². The Labute approximate surface area is 133 Å². The van der Waals surface area contributed by atoms with Crippen LogP contribution >= 0.6 is 23.4 Å². The van der Waals surface area contributed by atoms with Gasteiger partial charge in [-0.05, 0) is 43.5 Å². The summed E-state index contributed by atoms with van der Waals surface area (Å²) in [4.78, 5) is 17.5. The van der Waals surface area contributed by atoms with Gasteiger partial charge in [-0.15, -0.1) is 11.8 Å². The Kier molecular flexibility index (Phi) is 5.47. The predicted octanol–water partition coefficient (Wildman–Crippen LogP) is 4.14. The lowest BCUT2D eigenvalue weighted by molar-refractivity contribution is 0.102. The quantitative estimate of drug-likeness (QED) is 0.813. The smallest absolute Gasteiger partial charge is 0.257 e. The van der Waals surface area contributed by atoms with Crippen LogP contribution in [0.15, 0.2) is 41.4 Å². The van der Waals surface area contributed by atoms with Crippen molar-refractivity contribution in [3.05, 3.63) is 47.1 Å². The molecule has 0 fully saturated rings. The number of rotatable bonds is 5. The van der Waals surface area contributed by atoms with Crippen LogP contribution in [0.1, 0.15) is 17.3 Å². The molecule has 0 unspecified atom stereocenters. The molecule has 2 rings (SSSR count). The third kappa shape index (κ3) is 4.12. The van der Waals surface area contributed by atoms with Crippen LogP contribution in [-0.2, 0) is 0 Å². The first-order valence-electron chi connectivity index (χ1n) is 6.49. The number of carbonyl (C=O) groups excluding carboxylic acids is 1. The van der Waals surface area contributed by atoms with Crippen molar-refractivity contribution in [3.63, 3.8) is 0 Å². The van der Waals surface area contributed by atoms with Gasteiger partial charge in [0.25, 0.3) is 5.91 Å². The molecule has 6 heteroatoms. The molecule has 2 aromatic rings. The Morgan fingerprint density at radius 1 is 1.33 bits per heavy atom. The molecule has 0 spiro atoms. The monoisotopic (exact) mass is 321 g/mol. The Morgan fingerprint density at radius 2 is 2.05 bits per heavy atom. The minimum Gasteiger partial charge on any atom is -0.369 e. The number of hydrogen-bond donors (Lipinski definition) is 2. The number of carbonyl (C=O) groups is 1. The number of benzene rings is 1. The normalized spacial score (nSPS) is 10.2. The SMILES string of the molecule is CCNc1ncc(C(=O)Nc2ccc(SC)cc2)cc1Cl. The summed E-state index contributed by atoms with van der Waals surface area (Å²) in [5.74, 6) is 0.351. The number of pyridine rings is 1. The summed E-state index contributed by atoms with van der Waals surface area (Å²) in [7, 11) is 0. The molecule has 1 aromatic heterocycles. The van der Waals surface area contributed by atoms with Gasteiger partial charge in [-0.2, -0.15) is 0 Å². The topological polar surface area (TPSA) is 54.0 Å². The zero-order valence-corrected chi connectivity index (χ0v) is 13.4. The zero-order chi connectivity index (χ0) is 15.2. The molecule has 0 bridgehead atoms. The van der Waals surface area contributed by atoms with E-state index in [1.165, 1.54) is 6.20 Å². The summed E-state index contributed by atoms with van der Waals surface area (Å²) >= 11 is 7.74. The molecule has 1 amide bonds. The Morgan fingerprint density at radius 3 is 2.62 bits per heavy atom. The first-order valence-corrected chi connectivity index (χ1v) is 8.09. The molecule has 0 aliphatic rings. The van der Waals surface area contributed by atoms with Gasteiger partial charge in [-0.3, -0.25) is 4.79 Å². The van der Waals surface area contributed by atoms with E-state index in [-0.39, 0.29) is 5.91 Å². The molecule has 0 aliphatic carbocycles. The number of nitrogens with one attached hydrogen (secondary N) is 2. The van der Waals surface area contributed by atoms with Crippen molar-refractivity contribution < 1.29 is 4.79 Å². The third-order valence-electron chi connectivity index (χ3n) is 2.80. The Hall–Kier alpha value is -1.72. The van der Waals surface area contributed by atoms with Crippen molar-refractivity contribution in [1.29, 1.82) is 0 Å². The molecule has 1 aromatic carbocycles. The van der Waals surface area contributed by atoms with Gasteiger partial charge in [0.2, 0.25) is 0 Å². The van der Waals surface area contributed by atoms with Crippen LogP contribution in [0, 0.1) is 0 Å². The van der Waals surface area contributed by atoms with Gasteiger partial charge < -0.3 is 10.6 Å². The summed E-state index contributed by atoms with van der Waals surface area (Å²) < 4.78 is 0. The highest BCUT2D eigenvalue weighted by Crippen LogP contribution is 2.21. The van der Waals surface area contributed by atoms with Crippen LogP contribution in [0.2, 0.25) is 5.02 Å². The minimum atomic E-state index is -0.232. The van der Waals surface area contributed by atoms with Gasteiger partial charge in [-0.25, -0.2) is 4.98 Å². The number of nitrogens with zero attached hydrogens (tertiary/aromatic N) is 1. The zero-order valence-electron chi connectivity index (χ0n) is 11.8.